The Bertz CT molecular complexity index is 388. The Hall–Kier alpha value is -1.88. The first-order chi connectivity index (χ1) is 8.19. The molecule has 1 aromatic carbocycles. The molecule has 0 atom stereocenters. The van der Waals surface area contributed by atoms with Crippen molar-refractivity contribution >= 4 is 11.9 Å². The molecule has 0 radical (unpaired) electrons. The molecule has 0 aliphatic heterocycles. The summed E-state index contributed by atoms with van der Waals surface area (Å²) in [5.74, 6) is -2.46. The molecule has 0 fully saturated rings. The highest BCUT2D eigenvalue weighted by Crippen LogP contribution is 2.07. The minimum absolute atomic E-state index is 0.0417. The molecule has 0 bridgehead atoms. The van der Waals surface area contributed by atoms with E-state index < -0.39 is 11.9 Å². The second kappa shape index (κ2) is 6.76. The SMILES string of the molecule is CCC(C)(C)N.O=C(O)c1ccccc1C(=O)O. The third-order valence-electron chi connectivity index (χ3n) is 2.30. The van der Waals surface area contributed by atoms with Crippen molar-refractivity contribution in [3.05, 3.63) is 35.4 Å². The fourth-order valence-corrected chi connectivity index (χ4v) is 0.856. The number of aromatic carboxylic acids is 2. The third kappa shape index (κ3) is 6.00. The van der Waals surface area contributed by atoms with Crippen LogP contribution < -0.4 is 5.73 Å². The number of benzene rings is 1. The van der Waals surface area contributed by atoms with Crippen LogP contribution in [0.1, 0.15) is 47.9 Å². The van der Waals surface area contributed by atoms with E-state index in [9.17, 15) is 9.59 Å². The molecule has 0 aliphatic carbocycles. The van der Waals surface area contributed by atoms with E-state index in [1.807, 2.05) is 13.8 Å². The molecule has 0 heterocycles. The largest absolute Gasteiger partial charge is 0.478 e. The van der Waals surface area contributed by atoms with Crippen LogP contribution in [-0.2, 0) is 0 Å². The van der Waals surface area contributed by atoms with Gasteiger partial charge in [0.1, 0.15) is 0 Å². The standard InChI is InChI=1S/C8H6O4.C5H13N/c9-7(10)5-3-1-2-4-6(5)8(11)12;1-4-5(2,3)6/h1-4H,(H,9,10)(H,11,12);4,6H2,1-3H3. The van der Waals surface area contributed by atoms with Crippen molar-refractivity contribution in [2.45, 2.75) is 32.7 Å². The molecule has 4 N–H and O–H groups in total. The van der Waals surface area contributed by atoms with Gasteiger partial charge in [0.25, 0.3) is 0 Å². The van der Waals surface area contributed by atoms with Gasteiger partial charge in [0, 0.05) is 5.54 Å². The van der Waals surface area contributed by atoms with E-state index in [0.29, 0.717) is 0 Å². The van der Waals surface area contributed by atoms with Crippen molar-refractivity contribution in [2.24, 2.45) is 5.73 Å². The zero-order valence-corrected chi connectivity index (χ0v) is 10.8. The first-order valence-corrected chi connectivity index (χ1v) is 5.53. The maximum Gasteiger partial charge on any atom is 0.336 e. The molecule has 0 spiro atoms. The van der Waals surface area contributed by atoms with Crippen molar-refractivity contribution in [3.63, 3.8) is 0 Å². The zero-order chi connectivity index (χ0) is 14.3. The van der Waals surface area contributed by atoms with Gasteiger partial charge in [-0.2, -0.15) is 0 Å². The molecule has 1 rings (SSSR count). The quantitative estimate of drug-likeness (QED) is 0.766. The summed E-state index contributed by atoms with van der Waals surface area (Å²) in [6, 6.07) is 5.48. The van der Waals surface area contributed by atoms with Gasteiger partial charge in [0.2, 0.25) is 0 Å². The first-order valence-electron chi connectivity index (χ1n) is 5.53. The Kier molecular flexibility index (Phi) is 6.05. The predicted molar refractivity (Wildman–Crippen MR) is 68.9 cm³/mol. The smallest absolute Gasteiger partial charge is 0.336 e. The van der Waals surface area contributed by atoms with Crippen LogP contribution >= 0.6 is 0 Å². The molecular formula is C13H19NO4. The second-order valence-corrected chi connectivity index (χ2v) is 4.50. The van der Waals surface area contributed by atoms with E-state index in [1.165, 1.54) is 24.3 Å². The van der Waals surface area contributed by atoms with Gasteiger partial charge >= 0.3 is 11.9 Å². The number of hydrogen-bond acceptors (Lipinski definition) is 3. The number of rotatable bonds is 3. The Labute approximate surface area is 106 Å². The van der Waals surface area contributed by atoms with E-state index in [4.69, 9.17) is 15.9 Å². The van der Waals surface area contributed by atoms with Gasteiger partial charge < -0.3 is 15.9 Å². The number of carbonyl (C=O) groups is 2. The van der Waals surface area contributed by atoms with E-state index in [1.54, 1.807) is 0 Å². The minimum Gasteiger partial charge on any atom is -0.478 e. The maximum absolute atomic E-state index is 10.5. The predicted octanol–water partition coefficient (Wildman–Crippen LogP) is 2.22. The molecule has 0 saturated carbocycles. The number of hydrogen-bond donors (Lipinski definition) is 3. The van der Waals surface area contributed by atoms with Crippen molar-refractivity contribution in [3.8, 4) is 0 Å². The third-order valence-corrected chi connectivity index (χ3v) is 2.30. The van der Waals surface area contributed by atoms with Crippen LogP contribution in [0.2, 0.25) is 0 Å². The summed E-state index contributed by atoms with van der Waals surface area (Å²) in [4.78, 5) is 20.9. The normalized spacial score (nSPS) is 10.2. The Morgan fingerprint density at radius 2 is 1.39 bits per heavy atom. The Morgan fingerprint density at radius 3 is 1.56 bits per heavy atom. The van der Waals surface area contributed by atoms with E-state index in [2.05, 4.69) is 6.92 Å². The lowest BCUT2D eigenvalue weighted by molar-refractivity contribution is 0.0651. The van der Waals surface area contributed by atoms with Gasteiger partial charge in [-0.1, -0.05) is 19.1 Å². The summed E-state index contributed by atoms with van der Waals surface area (Å²) in [6.45, 7) is 6.12. The maximum atomic E-state index is 10.5. The highest BCUT2D eigenvalue weighted by molar-refractivity contribution is 6.01. The fourth-order valence-electron chi connectivity index (χ4n) is 0.856. The average molecular weight is 253 g/mol. The van der Waals surface area contributed by atoms with Crippen molar-refractivity contribution in [1.29, 1.82) is 0 Å². The average Bonchev–Trinajstić information content (AvgIpc) is 2.28. The van der Waals surface area contributed by atoms with Crippen LogP contribution in [0.15, 0.2) is 24.3 Å². The summed E-state index contributed by atoms with van der Waals surface area (Å²) in [7, 11) is 0. The van der Waals surface area contributed by atoms with Gasteiger partial charge in [-0.25, -0.2) is 9.59 Å². The summed E-state index contributed by atoms with van der Waals surface area (Å²) >= 11 is 0. The van der Waals surface area contributed by atoms with Crippen LogP contribution in [-0.4, -0.2) is 27.7 Å². The zero-order valence-electron chi connectivity index (χ0n) is 10.8. The molecule has 5 heteroatoms. The lowest BCUT2D eigenvalue weighted by Crippen LogP contribution is -2.30. The van der Waals surface area contributed by atoms with Crippen LogP contribution in [0.5, 0.6) is 0 Å². The topological polar surface area (TPSA) is 101 Å². The highest BCUT2D eigenvalue weighted by atomic mass is 16.4. The van der Waals surface area contributed by atoms with E-state index in [0.717, 1.165) is 6.42 Å². The van der Waals surface area contributed by atoms with E-state index >= 15 is 0 Å². The molecule has 0 aliphatic rings. The summed E-state index contributed by atoms with van der Waals surface area (Å²) in [5.41, 5.74) is 5.20. The monoisotopic (exact) mass is 253 g/mol. The van der Waals surface area contributed by atoms with Gasteiger partial charge in [-0.15, -0.1) is 0 Å². The highest BCUT2D eigenvalue weighted by Gasteiger charge is 2.13. The molecule has 0 unspecified atom stereocenters. The minimum atomic E-state index is -1.23. The lowest BCUT2D eigenvalue weighted by Gasteiger charge is -2.13. The fraction of sp³-hybridized carbons (Fsp3) is 0.385. The number of carboxylic acid groups (broad SMARTS) is 2. The molecule has 5 nitrogen and oxygen atoms in total. The van der Waals surface area contributed by atoms with Crippen molar-refractivity contribution in [1.82, 2.24) is 0 Å². The van der Waals surface area contributed by atoms with E-state index in [-0.39, 0.29) is 16.7 Å². The van der Waals surface area contributed by atoms with Crippen LogP contribution in [0.4, 0.5) is 0 Å². The van der Waals surface area contributed by atoms with Gasteiger partial charge in [0.05, 0.1) is 11.1 Å². The van der Waals surface area contributed by atoms with Gasteiger partial charge in [0.15, 0.2) is 0 Å². The van der Waals surface area contributed by atoms with Crippen LogP contribution in [0.25, 0.3) is 0 Å². The molecular weight excluding hydrogens is 234 g/mol. The molecule has 100 valence electrons. The van der Waals surface area contributed by atoms with Crippen LogP contribution in [0, 0.1) is 0 Å². The molecule has 0 saturated heterocycles. The Morgan fingerprint density at radius 1 is 1.11 bits per heavy atom. The van der Waals surface area contributed by atoms with Gasteiger partial charge in [-0.3, -0.25) is 0 Å². The Balaban J connectivity index is 0.000000411. The second-order valence-electron chi connectivity index (χ2n) is 4.50. The van der Waals surface area contributed by atoms with Crippen molar-refractivity contribution < 1.29 is 19.8 Å². The summed E-state index contributed by atoms with van der Waals surface area (Å²) in [5, 5.41) is 17.1. The number of nitrogens with two attached hydrogens (primary N) is 1. The first kappa shape index (κ1) is 16.1. The van der Waals surface area contributed by atoms with Crippen molar-refractivity contribution in [2.75, 3.05) is 0 Å². The molecule has 18 heavy (non-hydrogen) atoms. The summed E-state index contributed by atoms with van der Waals surface area (Å²) < 4.78 is 0. The number of carboxylic acids is 2. The molecule has 1 aromatic rings. The summed E-state index contributed by atoms with van der Waals surface area (Å²) in [6.07, 6.45) is 1.05. The molecule has 0 amide bonds. The van der Waals surface area contributed by atoms with Crippen LogP contribution in [0.3, 0.4) is 0 Å². The van der Waals surface area contributed by atoms with Gasteiger partial charge in [-0.05, 0) is 32.4 Å². The molecule has 0 aromatic heterocycles. The lowest BCUT2D eigenvalue weighted by atomic mass is 10.1.